The lowest BCUT2D eigenvalue weighted by Crippen LogP contribution is -2.47. The van der Waals surface area contributed by atoms with E-state index in [9.17, 15) is 9.59 Å². The first-order chi connectivity index (χ1) is 14.4. The zero-order valence-corrected chi connectivity index (χ0v) is 17.0. The molecular weight excluding hydrogens is 380 g/mol. The van der Waals surface area contributed by atoms with Crippen molar-refractivity contribution in [1.29, 1.82) is 0 Å². The predicted molar refractivity (Wildman–Crippen MR) is 112 cm³/mol. The molecule has 2 aliphatic rings. The molecule has 2 aromatic carbocycles. The van der Waals surface area contributed by atoms with Gasteiger partial charge in [0, 0.05) is 25.7 Å². The first-order valence-electron chi connectivity index (χ1n) is 10.5. The van der Waals surface area contributed by atoms with Crippen LogP contribution in [0.2, 0.25) is 0 Å². The summed E-state index contributed by atoms with van der Waals surface area (Å²) >= 11 is 0. The van der Waals surface area contributed by atoms with Crippen molar-refractivity contribution >= 4 is 11.9 Å². The van der Waals surface area contributed by atoms with Crippen molar-refractivity contribution in [3.05, 3.63) is 71.8 Å². The lowest BCUT2D eigenvalue weighted by atomic mass is 9.97. The Hall–Kier alpha value is -2.70. The summed E-state index contributed by atoms with van der Waals surface area (Å²) in [5, 5.41) is 0. The number of ether oxygens (including phenoxy) is 2. The van der Waals surface area contributed by atoms with Crippen molar-refractivity contribution in [3.63, 3.8) is 0 Å². The van der Waals surface area contributed by atoms with Gasteiger partial charge < -0.3 is 9.47 Å². The molecule has 30 heavy (non-hydrogen) atoms. The highest BCUT2D eigenvalue weighted by Gasteiger charge is 2.44. The van der Waals surface area contributed by atoms with Gasteiger partial charge in [-0.2, -0.15) is 0 Å². The predicted octanol–water partition coefficient (Wildman–Crippen LogP) is 3.32. The lowest BCUT2D eigenvalue weighted by molar-refractivity contribution is -0.185. The van der Waals surface area contributed by atoms with Gasteiger partial charge in [0.1, 0.15) is 0 Å². The van der Waals surface area contributed by atoms with Crippen LogP contribution in [0.5, 0.6) is 0 Å². The van der Waals surface area contributed by atoms with Gasteiger partial charge in [-0.15, -0.1) is 0 Å². The van der Waals surface area contributed by atoms with Crippen LogP contribution in [0.4, 0.5) is 0 Å². The van der Waals surface area contributed by atoms with Gasteiger partial charge in [-0.3, -0.25) is 11.5 Å². The van der Waals surface area contributed by atoms with Crippen LogP contribution in [0, 0.1) is 0 Å². The van der Waals surface area contributed by atoms with Crippen molar-refractivity contribution in [1.82, 2.24) is 0 Å². The molecule has 0 saturated heterocycles. The van der Waals surface area contributed by atoms with Crippen LogP contribution >= 0.6 is 0 Å². The molecular formula is C24H28N2O4. The summed E-state index contributed by atoms with van der Waals surface area (Å²) in [4.78, 5) is 24.8. The molecule has 6 heteroatoms. The Kier molecular flexibility index (Phi) is 5.62. The summed E-state index contributed by atoms with van der Waals surface area (Å²) in [5.74, 6) is -1.75. The molecule has 0 amide bonds. The Bertz CT molecular complexity index is 828. The summed E-state index contributed by atoms with van der Waals surface area (Å²) < 4.78 is 10.8. The Morgan fingerprint density at radius 2 is 1.07 bits per heavy atom. The second-order valence-corrected chi connectivity index (χ2v) is 8.61. The van der Waals surface area contributed by atoms with Crippen LogP contribution < -0.4 is 11.5 Å². The third-order valence-corrected chi connectivity index (χ3v) is 6.32. The summed E-state index contributed by atoms with van der Waals surface area (Å²) in [6, 6.07) is 19.9. The molecule has 2 aliphatic carbocycles. The molecule has 0 radical (unpaired) electrons. The van der Waals surface area contributed by atoms with Crippen molar-refractivity contribution in [2.45, 2.75) is 61.8 Å². The van der Waals surface area contributed by atoms with E-state index in [0.29, 0.717) is 25.7 Å². The van der Waals surface area contributed by atoms with Gasteiger partial charge in [0.15, 0.2) is 11.4 Å². The van der Waals surface area contributed by atoms with Gasteiger partial charge in [0.25, 0.3) is 0 Å². The van der Waals surface area contributed by atoms with Crippen molar-refractivity contribution in [3.8, 4) is 0 Å². The molecule has 4 rings (SSSR count). The van der Waals surface area contributed by atoms with Crippen molar-refractivity contribution in [2.24, 2.45) is 11.5 Å². The SMILES string of the molecule is NC1(OC(=O)C(=O)OC2(N)CCC(c3ccccc3)C2)CCC(c2ccccc2)C1. The second-order valence-electron chi connectivity index (χ2n) is 8.61. The first kappa shape index (κ1) is 20.6. The Morgan fingerprint density at radius 3 is 1.43 bits per heavy atom. The van der Waals surface area contributed by atoms with Crippen LogP contribution in [0.15, 0.2) is 60.7 Å². The minimum atomic E-state index is -1.17. The molecule has 158 valence electrons. The maximum Gasteiger partial charge on any atom is 0.419 e. The van der Waals surface area contributed by atoms with E-state index in [-0.39, 0.29) is 11.8 Å². The van der Waals surface area contributed by atoms with E-state index in [2.05, 4.69) is 0 Å². The van der Waals surface area contributed by atoms with Crippen LogP contribution in [0.25, 0.3) is 0 Å². The van der Waals surface area contributed by atoms with Gasteiger partial charge in [0.2, 0.25) is 0 Å². The van der Waals surface area contributed by atoms with Gasteiger partial charge in [-0.1, -0.05) is 60.7 Å². The van der Waals surface area contributed by atoms with Crippen molar-refractivity contribution in [2.75, 3.05) is 0 Å². The number of rotatable bonds is 4. The smallest absolute Gasteiger partial charge is 0.419 e. The fraction of sp³-hybridized carbons (Fsp3) is 0.417. The zero-order valence-electron chi connectivity index (χ0n) is 17.0. The van der Waals surface area contributed by atoms with E-state index >= 15 is 0 Å². The summed E-state index contributed by atoms with van der Waals surface area (Å²) in [6.07, 6.45) is 3.52. The third kappa shape index (κ3) is 4.55. The number of carbonyl (C=O) groups excluding carboxylic acids is 2. The fourth-order valence-corrected chi connectivity index (χ4v) is 4.74. The first-order valence-corrected chi connectivity index (χ1v) is 10.5. The molecule has 0 bridgehead atoms. The normalized spacial score (nSPS) is 30.7. The van der Waals surface area contributed by atoms with E-state index in [1.54, 1.807) is 0 Å². The topological polar surface area (TPSA) is 105 Å². The quantitative estimate of drug-likeness (QED) is 0.457. The average Bonchev–Trinajstić information content (AvgIpc) is 3.32. The zero-order chi connectivity index (χ0) is 21.2. The summed E-state index contributed by atoms with van der Waals surface area (Å²) in [5.41, 5.74) is 12.5. The van der Waals surface area contributed by atoms with Gasteiger partial charge in [-0.05, 0) is 35.8 Å². The Morgan fingerprint density at radius 1 is 0.700 bits per heavy atom. The van der Waals surface area contributed by atoms with E-state index in [0.717, 1.165) is 24.0 Å². The monoisotopic (exact) mass is 408 g/mol. The number of benzene rings is 2. The van der Waals surface area contributed by atoms with E-state index in [1.165, 1.54) is 0 Å². The fourth-order valence-electron chi connectivity index (χ4n) is 4.74. The number of esters is 2. The minimum Gasteiger partial charge on any atom is -0.436 e. The van der Waals surface area contributed by atoms with Gasteiger partial charge in [0.05, 0.1) is 0 Å². The maximum absolute atomic E-state index is 12.4. The molecule has 0 aromatic heterocycles. The molecule has 6 nitrogen and oxygen atoms in total. The highest BCUT2D eigenvalue weighted by atomic mass is 16.6. The number of hydrogen-bond donors (Lipinski definition) is 2. The highest BCUT2D eigenvalue weighted by molar-refractivity contribution is 6.29. The Balaban J connectivity index is 1.32. The molecule has 2 aromatic rings. The van der Waals surface area contributed by atoms with Crippen molar-refractivity contribution < 1.29 is 19.1 Å². The summed E-state index contributed by atoms with van der Waals surface area (Å²) in [6.45, 7) is 0. The molecule has 0 heterocycles. The van der Waals surface area contributed by atoms with E-state index in [1.807, 2.05) is 60.7 Å². The number of nitrogens with two attached hydrogens (primary N) is 2. The van der Waals surface area contributed by atoms with E-state index < -0.39 is 23.4 Å². The standard InChI is InChI=1S/C24H28N2O4/c25-23(13-11-19(15-23)17-7-3-1-4-8-17)29-21(27)22(28)30-24(26)14-12-20(16-24)18-9-5-2-6-10-18/h1-10,19-20H,11-16,25-26H2. The van der Waals surface area contributed by atoms with Gasteiger partial charge in [-0.25, -0.2) is 9.59 Å². The van der Waals surface area contributed by atoms with Crippen LogP contribution in [0.1, 0.15) is 61.5 Å². The Labute approximate surface area is 176 Å². The van der Waals surface area contributed by atoms with Gasteiger partial charge >= 0.3 is 11.9 Å². The summed E-state index contributed by atoms with van der Waals surface area (Å²) in [7, 11) is 0. The molecule has 4 N–H and O–H groups in total. The maximum atomic E-state index is 12.4. The lowest BCUT2D eigenvalue weighted by Gasteiger charge is -2.27. The van der Waals surface area contributed by atoms with E-state index in [4.69, 9.17) is 20.9 Å². The highest BCUT2D eigenvalue weighted by Crippen LogP contribution is 2.42. The molecule has 2 saturated carbocycles. The molecule has 0 aliphatic heterocycles. The third-order valence-electron chi connectivity index (χ3n) is 6.32. The largest absolute Gasteiger partial charge is 0.436 e. The van der Waals surface area contributed by atoms with Crippen LogP contribution in [-0.4, -0.2) is 23.4 Å². The molecule has 4 unspecified atom stereocenters. The van der Waals surface area contributed by atoms with Crippen LogP contribution in [0.3, 0.4) is 0 Å². The van der Waals surface area contributed by atoms with Crippen LogP contribution in [-0.2, 0) is 19.1 Å². The molecule has 2 fully saturated rings. The molecule has 4 atom stereocenters. The number of hydrogen-bond acceptors (Lipinski definition) is 6. The molecule has 0 spiro atoms. The average molecular weight is 408 g/mol. The number of carbonyl (C=O) groups is 2. The second kappa shape index (κ2) is 8.20. The minimum absolute atomic E-state index is 0.197.